The molecule has 1 heterocycles. The van der Waals surface area contributed by atoms with Crippen LogP contribution in [0, 0.1) is 6.92 Å². The van der Waals surface area contributed by atoms with Gasteiger partial charge >= 0.3 is 0 Å². The molecular formula is C18H27N3O4. The molecule has 0 aromatic heterocycles. The summed E-state index contributed by atoms with van der Waals surface area (Å²) in [6.07, 6.45) is 0.796. The minimum atomic E-state index is -0.162. The van der Waals surface area contributed by atoms with Crippen LogP contribution in [0.4, 0.5) is 0 Å². The van der Waals surface area contributed by atoms with Gasteiger partial charge in [-0.05, 0) is 25.5 Å². The van der Waals surface area contributed by atoms with Crippen molar-refractivity contribution in [2.45, 2.75) is 13.3 Å². The highest BCUT2D eigenvalue weighted by Gasteiger charge is 2.24. The third kappa shape index (κ3) is 5.72. The number of piperazine rings is 1. The van der Waals surface area contributed by atoms with Crippen LogP contribution in [0.25, 0.3) is 0 Å². The zero-order chi connectivity index (χ0) is 18.2. The van der Waals surface area contributed by atoms with Gasteiger partial charge in [0.2, 0.25) is 5.91 Å². The first-order valence-electron chi connectivity index (χ1n) is 8.58. The lowest BCUT2D eigenvalue weighted by molar-refractivity contribution is -0.122. The van der Waals surface area contributed by atoms with Crippen molar-refractivity contribution in [3.05, 3.63) is 29.3 Å². The fourth-order valence-corrected chi connectivity index (χ4v) is 2.80. The third-order valence-electron chi connectivity index (χ3n) is 4.26. The number of amides is 2. The van der Waals surface area contributed by atoms with E-state index in [4.69, 9.17) is 4.74 Å². The molecule has 0 spiro atoms. The molecule has 2 amide bonds. The first kappa shape index (κ1) is 19.2. The number of rotatable bonds is 7. The van der Waals surface area contributed by atoms with E-state index in [0.717, 1.165) is 12.0 Å². The first-order chi connectivity index (χ1) is 12.0. The number of nitrogens with one attached hydrogen (secondary N) is 1. The number of aromatic hydroxyl groups is 1. The SMILES string of the molecule is COCCCNC(=O)CN1CCN(C(=O)c2cc(C)ccc2O)CC1. The van der Waals surface area contributed by atoms with Crippen molar-refractivity contribution in [1.29, 1.82) is 0 Å². The predicted molar refractivity (Wildman–Crippen MR) is 94.7 cm³/mol. The van der Waals surface area contributed by atoms with Gasteiger partial charge in [0.25, 0.3) is 5.91 Å². The second-order valence-electron chi connectivity index (χ2n) is 6.29. The highest BCUT2D eigenvalue weighted by molar-refractivity contribution is 5.97. The Labute approximate surface area is 148 Å². The molecule has 1 saturated heterocycles. The second kappa shape index (κ2) is 9.39. The topological polar surface area (TPSA) is 82.1 Å². The van der Waals surface area contributed by atoms with Crippen LogP contribution in [0.2, 0.25) is 0 Å². The van der Waals surface area contributed by atoms with Crippen LogP contribution in [-0.2, 0) is 9.53 Å². The van der Waals surface area contributed by atoms with E-state index in [2.05, 4.69) is 5.32 Å². The van der Waals surface area contributed by atoms with Gasteiger partial charge in [0.1, 0.15) is 5.75 Å². The van der Waals surface area contributed by atoms with Crippen LogP contribution >= 0.6 is 0 Å². The number of carbonyl (C=O) groups excluding carboxylic acids is 2. The molecule has 7 heteroatoms. The molecule has 0 unspecified atom stereocenters. The van der Waals surface area contributed by atoms with Crippen LogP contribution in [-0.4, -0.2) is 79.7 Å². The summed E-state index contributed by atoms with van der Waals surface area (Å²) >= 11 is 0. The van der Waals surface area contributed by atoms with Crippen molar-refractivity contribution >= 4 is 11.8 Å². The summed E-state index contributed by atoms with van der Waals surface area (Å²) in [5.74, 6) is -0.162. The quantitative estimate of drug-likeness (QED) is 0.705. The number of aryl methyl sites for hydroxylation is 1. The van der Waals surface area contributed by atoms with Crippen molar-refractivity contribution < 1.29 is 19.4 Å². The summed E-state index contributed by atoms with van der Waals surface area (Å²) in [4.78, 5) is 28.2. The average molecular weight is 349 g/mol. The molecule has 0 atom stereocenters. The number of carbonyl (C=O) groups is 2. The van der Waals surface area contributed by atoms with Crippen LogP contribution < -0.4 is 5.32 Å². The number of benzene rings is 1. The highest BCUT2D eigenvalue weighted by Crippen LogP contribution is 2.20. The molecule has 138 valence electrons. The minimum Gasteiger partial charge on any atom is -0.507 e. The van der Waals surface area contributed by atoms with Gasteiger partial charge in [-0.2, -0.15) is 0 Å². The van der Waals surface area contributed by atoms with Crippen molar-refractivity contribution in [2.75, 3.05) is 53.0 Å². The van der Waals surface area contributed by atoms with E-state index in [1.165, 1.54) is 0 Å². The van der Waals surface area contributed by atoms with Gasteiger partial charge < -0.3 is 20.1 Å². The van der Waals surface area contributed by atoms with E-state index in [1.807, 2.05) is 11.8 Å². The molecule has 25 heavy (non-hydrogen) atoms. The number of phenols is 1. The number of phenolic OH excluding ortho intramolecular Hbond substituents is 1. The summed E-state index contributed by atoms with van der Waals surface area (Å²) in [6.45, 7) is 5.84. The summed E-state index contributed by atoms with van der Waals surface area (Å²) < 4.78 is 4.94. The lowest BCUT2D eigenvalue weighted by Crippen LogP contribution is -2.51. The Morgan fingerprint density at radius 1 is 1.24 bits per heavy atom. The number of nitrogens with zero attached hydrogens (tertiary/aromatic N) is 2. The molecule has 1 fully saturated rings. The first-order valence-corrected chi connectivity index (χ1v) is 8.58. The van der Waals surface area contributed by atoms with Crippen LogP contribution in [0.1, 0.15) is 22.3 Å². The number of methoxy groups -OCH3 is 1. The van der Waals surface area contributed by atoms with E-state index in [9.17, 15) is 14.7 Å². The Balaban J connectivity index is 1.78. The maximum Gasteiger partial charge on any atom is 0.257 e. The summed E-state index contributed by atoms with van der Waals surface area (Å²) in [5.41, 5.74) is 1.27. The Kier molecular flexibility index (Phi) is 7.21. The molecular weight excluding hydrogens is 322 g/mol. The largest absolute Gasteiger partial charge is 0.507 e. The van der Waals surface area contributed by atoms with Crippen LogP contribution in [0.3, 0.4) is 0 Å². The molecule has 7 nitrogen and oxygen atoms in total. The Hall–Kier alpha value is -2.12. The standard InChI is InChI=1S/C18H27N3O4/c1-14-4-5-16(22)15(12-14)18(24)21-9-7-20(8-10-21)13-17(23)19-6-3-11-25-2/h4-5,12,22H,3,6-11,13H2,1-2H3,(H,19,23). The fourth-order valence-electron chi connectivity index (χ4n) is 2.80. The van der Waals surface area contributed by atoms with E-state index in [0.29, 0.717) is 51.4 Å². The average Bonchev–Trinajstić information content (AvgIpc) is 2.61. The van der Waals surface area contributed by atoms with E-state index >= 15 is 0 Å². The lowest BCUT2D eigenvalue weighted by Gasteiger charge is -2.34. The molecule has 2 rings (SSSR count). The van der Waals surface area contributed by atoms with Crippen LogP contribution in [0.5, 0.6) is 5.75 Å². The Bertz CT molecular complexity index is 598. The number of ether oxygens (including phenoxy) is 1. The van der Waals surface area contributed by atoms with E-state index in [1.54, 1.807) is 30.2 Å². The zero-order valence-electron chi connectivity index (χ0n) is 15.0. The van der Waals surface area contributed by atoms with Gasteiger partial charge in [-0.15, -0.1) is 0 Å². The van der Waals surface area contributed by atoms with Gasteiger partial charge in [-0.25, -0.2) is 0 Å². The van der Waals surface area contributed by atoms with E-state index < -0.39 is 0 Å². The number of hydrogen-bond donors (Lipinski definition) is 2. The zero-order valence-corrected chi connectivity index (χ0v) is 15.0. The van der Waals surface area contributed by atoms with E-state index in [-0.39, 0.29) is 17.6 Å². The normalized spacial score (nSPS) is 15.2. The molecule has 0 saturated carbocycles. The molecule has 1 aromatic rings. The highest BCUT2D eigenvalue weighted by atomic mass is 16.5. The maximum absolute atomic E-state index is 12.6. The Morgan fingerprint density at radius 3 is 2.64 bits per heavy atom. The Morgan fingerprint density at radius 2 is 1.96 bits per heavy atom. The van der Waals surface area contributed by atoms with Crippen molar-refractivity contribution in [3.8, 4) is 5.75 Å². The summed E-state index contributed by atoms with van der Waals surface area (Å²) in [6, 6.07) is 5.03. The molecule has 0 aliphatic carbocycles. The molecule has 0 radical (unpaired) electrons. The lowest BCUT2D eigenvalue weighted by atomic mass is 10.1. The van der Waals surface area contributed by atoms with Gasteiger partial charge in [0.05, 0.1) is 12.1 Å². The smallest absolute Gasteiger partial charge is 0.257 e. The second-order valence-corrected chi connectivity index (χ2v) is 6.29. The van der Waals surface area contributed by atoms with Crippen LogP contribution in [0.15, 0.2) is 18.2 Å². The third-order valence-corrected chi connectivity index (χ3v) is 4.26. The maximum atomic E-state index is 12.6. The number of hydrogen-bond acceptors (Lipinski definition) is 5. The molecule has 2 N–H and O–H groups in total. The fraction of sp³-hybridized carbons (Fsp3) is 0.556. The minimum absolute atomic E-state index is 0.00721. The van der Waals surface area contributed by atoms with Gasteiger partial charge in [-0.1, -0.05) is 11.6 Å². The molecule has 1 aliphatic heterocycles. The summed E-state index contributed by atoms with van der Waals surface area (Å²) in [7, 11) is 1.64. The van der Waals surface area contributed by atoms with Crippen molar-refractivity contribution in [1.82, 2.24) is 15.1 Å². The molecule has 1 aliphatic rings. The van der Waals surface area contributed by atoms with Gasteiger partial charge in [0.15, 0.2) is 0 Å². The van der Waals surface area contributed by atoms with Gasteiger partial charge in [0, 0.05) is 46.4 Å². The van der Waals surface area contributed by atoms with Gasteiger partial charge in [-0.3, -0.25) is 14.5 Å². The molecule has 1 aromatic carbocycles. The molecule has 0 bridgehead atoms. The predicted octanol–water partition coefficient (Wildman–Crippen LogP) is 0.611. The monoisotopic (exact) mass is 349 g/mol. The van der Waals surface area contributed by atoms with Crippen molar-refractivity contribution in [2.24, 2.45) is 0 Å². The van der Waals surface area contributed by atoms with Crippen molar-refractivity contribution in [3.63, 3.8) is 0 Å². The summed E-state index contributed by atoms with van der Waals surface area (Å²) in [5, 5.41) is 12.8.